The summed E-state index contributed by atoms with van der Waals surface area (Å²) >= 11 is 1.62. The molecule has 0 aliphatic carbocycles. The highest BCUT2D eigenvalue weighted by Crippen LogP contribution is 2.37. The van der Waals surface area contributed by atoms with Gasteiger partial charge in [-0.1, -0.05) is 52.0 Å². The molecule has 1 heterocycles. The van der Waals surface area contributed by atoms with Crippen LogP contribution in [0.15, 0.2) is 42.5 Å². The molecule has 27 heavy (non-hydrogen) atoms. The van der Waals surface area contributed by atoms with Crippen molar-refractivity contribution in [1.82, 2.24) is 5.32 Å². The summed E-state index contributed by atoms with van der Waals surface area (Å²) in [5, 5.41) is 12.3. The fraction of sp³-hybridized carbons (Fsp3) is 0.409. The van der Waals surface area contributed by atoms with Crippen molar-refractivity contribution in [2.24, 2.45) is 0 Å². The maximum Gasteiger partial charge on any atom is 0.321 e. The molecule has 0 aromatic heterocycles. The van der Waals surface area contributed by atoms with Crippen molar-refractivity contribution in [3.05, 3.63) is 59.2 Å². The third kappa shape index (κ3) is 4.66. The zero-order chi connectivity index (χ0) is 19.6. The molecule has 2 N–H and O–H groups in total. The van der Waals surface area contributed by atoms with Gasteiger partial charge in [-0.2, -0.15) is 0 Å². The molecule has 0 radical (unpaired) electrons. The molecular weight excluding hydrogens is 358 g/mol. The molecule has 3 rings (SSSR count). The van der Waals surface area contributed by atoms with Crippen molar-refractivity contribution in [3.63, 3.8) is 0 Å². The fourth-order valence-corrected chi connectivity index (χ4v) is 4.35. The van der Waals surface area contributed by atoms with Gasteiger partial charge in [-0.3, -0.25) is 10.1 Å². The van der Waals surface area contributed by atoms with Crippen molar-refractivity contribution in [3.8, 4) is 11.5 Å². The van der Waals surface area contributed by atoms with E-state index in [1.54, 1.807) is 11.8 Å². The second-order valence-electron chi connectivity index (χ2n) is 7.88. The number of carboxylic acid groups (broad SMARTS) is 1. The number of benzene rings is 2. The Kier molecular flexibility index (Phi) is 5.82. The minimum Gasteiger partial charge on any atom is -0.480 e. The number of ether oxygens (including phenoxy) is 1. The molecule has 0 saturated carbocycles. The van der Waals surface area contributed by atoms with Gasteiger partial charge in [0.2, 0.25) is 0 Å². The Morgan fingerprint density at radius 2 is 1.93 bits per heavy atom. The van der Waals surface area contributed by atoms with Crippen LogP contribution in [0.2, 0.25) is 0 Å². The van der Waals surface area contributed by atoms with E-state index in [0.29, 0.717) is 5.75 Å². The van der Waals surface area contributed by atoms with Crippen molar-refractivity contribution < 1.29 is 14.6 Å². The maximum absolute atomic E-state index is 11.1. The van der Waals surface area contributed by atoms with Crippen LogP contribution in [0.5, 0.6) is 11.5 Å². The quantitative estimate of drug-likeness (QED) is 0.747. The van der Waals surface area contributed by atoms with E-state index >= 15 is 0 Å². The molecular formula is C22H27NO3S. The molecule has 2 aromatic rings. The van der Waals surface area contributed by atoms with Gasteiger partial charge in [0.1, 0.15) is 17.5 Å². The van der Waals surface area contributed by atoms with Gasteiger partial charge < -0.3 is 9.84 Å². The third-order valence-corrected chi connectivity index (χ3v) is 6.02. The van der Waals surface area contributed by atoms with E-state index in [9.17, 15) is 4.79 Å². The Labute approximate surface area is 165 Å². The molecule has 1 aliphatic rings. The Morgan fingerprint density at radius 1 is 1.22 bits per heavy atom. The zero-order valence-electron chi connectivity index (χ0n) is 16.3. The van der Waals surface area contributed by atoms with Crippen LogP contribution < -0.4 is 10.1 Å². The number of aliphatic carboxylic acids is 1. The van der Waals surface area contributed by atoms with E-state index in [2.05, 4.69) is 51.2 Å². The number of thioether (sulfide) groups is 1. The number of nitrogens with one attached hydrogen (secondary N) is 1. The Hall–Kier alpha value is -1.98. The first-order chi connectivity index (χ1) is 12.8. The SMILES string of the molecule is CCc1ccc(Oc2ccc(C3NC(C(=O)O)CS3)cc2)c(C(C)(C)C)c1. The molecule has 1 aliphatic heterocycles. The monoisotopic (exact) mass is 385 g/mol. The van der Waals surface area contributed by atoms with E-state index in [1.165, 1.54) is 11.1 Å². The fourth-order valence-electron chi connectivity index (χ4n) is 3.12. The van der Waals surface area contributed by atoms with Crippen molar-refractivity contribution in [2.75, 3.05) is 5.75 Å². The summed E-state index contributed by atoms with van der Waals surface area (Å²) in [6, 6.07) is 13.8. The highest BCUT2D eigenvalue weighted by atomic mass is 32.2. The summed E-state index contributed by atoms with van der Waals surface area (Å²) in [6.07, 6.45) is 1.00. The van der Waals surface area contributed by atoms with Gasteiger partial charge in [0.05, 0.1) is 5.37 Å². The molecule has 144 valence electrons. The zero-order valence-corrected chi connectivity index (χ0v) is 17.1. The second-order valence-corrected chi connectivity index (χ2v) is 9.01. The summed E-state index contributed by atoms with van der Waals surface area (Å²) in [6.45, 7) is 8.74. The van der Waals surface area contributed by atoms with Crippen molar-refractivity contribution in [2.45, 2.75) is 50.9 Å². The number of hydrogen-bond donors (Lipinski definition) is 2. The minimum absolute atomic E-state index is 0.00327. The average molecular weight is 386 g/mol. The van der Waals surface area contributed by atoms with Gasteiger partial charge in [-0.05, 0) is 41.2 Å². The topological polar surface area (TPSA) is 58.6 Å². The number of hydrogen-bond acceptors (Lipinski definition) is 4. The smallest absolute Gasteiger partial charge is 0.321 e. The molecule has 0 bridgehead atoms. The van der Waals surface area contributed by atoms with Crippen LogP contribution in [0.25, 0.3) is 0 Å². The Morgan fingerprint density at radius 3 is 2.48 bits per heavy atom. The van der Waals surface area contributed by atoms with Gasteiger partial charge >= 0.3 is 5.97 Å². The van der Waals surface area contributed by atoms with Crippen molar-refractivity contribution >= 4 is 17.7 Å². The lowest BCUT2D eigenvalue weighted by molar-refractivity contribution is -0.138. The van der Waals surface area contributed by atoms with Gasteiger partial charge in [0.25, 0.3) is 0 Å². The Balaban J connectivity index is 1.77. The predicted molar refractivity (Wildman–Crippen MR) is 111 cm³/mol. The van der Waals surface area contributed by atoms with Crippen LogP contribution >= 0.6 is 11.8 Å². The molecule has 0 spiro atoms. The first-order valence-electron chi connectivity index (χ1n) is 9.29. The van der Waals surface area contributed by atoms with Gasteiger partial charge in [-0.25, -0.2) is 0 Å². The summed E-state index contributed by atoms with van der Waals surface area (Å²) in [4.78, 5) is 11.1. The summed E-state index contributed by atoms with van der Waals surface area (Å²) in [5.41, 5.74) is 3.56. The van der Waals surface area contributed by atoms with Crippen molar-refractivity contribution in [1.29, 1.82) is 0 Å². The maximum atomic E-state index is 11.1. The van der Waals surface area contributed by atoms with Gasteiger partial charge in [0, 0.05) is 11.3 Å². The number of rotatable bonds is 5. The van der Waals surface area contributed by atoms with E-state index < -0.39 is 12.0 Å². The number of carboxylic acids is 1. The minimum atomic E-state index is -0.796. The summed E-state index contributed by atoms with van der Waals surface area (Å²) in [7, 11) is 0. The number of carbonyl (C=O) groups is 1. The molecule has 1 fully saturated rings. The third-order valence-electron chi connectivity index (χ3n) is 4.75. The molecule has 5 heteroatoms. The first kappa shape index (κ1) is 19.8. The largest absolute Gasteiger partial charge is 0.480 e. The molecule has 0 amide bonds. The summed E-state index contributed by atoms with van der Waals surface area (Å²) < 4.78 is 6.19. The molecule has 2 unspecified atom stereocenters. The highest BCUT2D eigenvalue weighted by molar-refractivity contribution is 7.99. The lowest BCUT2D eigenvalue weighted by Gasteiger charge is -2.23. The molecule has 2 atom stereocenters. The standard InChI is InChI=1S/C22H27NO3S/c1-5-14-6-11-19(17(12-14)22(2,3)4)26-16-9-7-15(8-10-16)20-23-18(13-27-20)21(24)25/h6-12,18,20,23H,5,13H2,1-4H3,(H,24,25). The van der Waals surface area contributed by atoms with Crippen LogP contribution in [0.4, 0.5) is 0 Å². The van der Waals surface area contributed by atoms with Gasteiger partial charge in [0.15, 0.2) is 0 Å². The van der Waals surface area contributed by atoms with Crippen LogP contribution in [-0.2, 0) is 16.6 Å². The average Bonchev–Trinajstić information content (AvgIpc) is 3.12. The van der Waals surface area contributed by atoms with E-state index in [4.69, 9.17) is 9.84 Å². The van der Waals surface area contributed by atoms with Crippen LogP contribution in [-0.4, -0.2) is 22.9 Å². The first-order valence-corrected chi connectivity index (χ1v) is 10.3. The Bertz CT molecular complexity index is 811. The van der Waals surface area contributed by atoms with E-state index in [0.717, 1.165) is 23.5 Å². The van der Waals surface area contributed by atoms with Crippen LogP contribution in [0.1, 0.15) is 49.8 Å². The lowest BCUT2D eigenvalue weighted by atomic mass is 9.85. The predicted octanol–water partition coefficient (Wildman–Crippen LogP) is 5.13. The second kappa shape index (κ2) is 7.95. The highest BCUT2D eigenvalue weighted by Gasteiger charge is 2.30. The normalized spacial score (nSPS) is 19.9. The molecule has 2 aromatic carbocycles. The van der Waals surface area contributed by atoms with Gasteiger partial charge in [-0.15, -0.1) is 11.8 Å². The van der Waals surface area contributed by atoms with Crippen LogP contribution in [0, 0.1) is 0 Å². The lowest BCUT2D eigenvalue weighted by Crippen LogP contribution is -2.33. The molecule has 1 saturated heterocycles. The number of aryl methyl sites for hydroxylation is 1. The van der Waals surface area contributed by atoms with E-state index in [1.807, 2.05) is 24.3 Å². The van der Waals surface area contributed by atoms with Crippen LogP contribution in [0.3, 0.4) is 0 Å². The molecule has 4 nitrogen and oxygen atoms in total. The summed E-state index contributed by atoms with van der Waals surface area (Å²) in [5.74, 6) is 1.45. The van der Waals surface area contributed by atoms with E-state index in [-0.39, 0.29) is 10.8 Å².